The second kappa shape index (κ2) is 9.98. The number of nitrogens with zero attached hydrogens (tertiary/aromatic N) is 1. The number of pyridine rings is 1. The zero-order valence-electron chi connectivity index (χ0n) is 15.7. The number of carbonyl (C=O) groups excluding carboxylic acids is 2. The van der Waals surface area contributed by atoms with Crippen LogP contribution in [0.4, 0.5) is 5.69 Å². The zero-order valence-corrected chi connectivity index (χ0v) is 15.7. The minimum atomic E-state index is -0.378. The highest BCUT2D eigenvalue weighted by molar-refractivity contribution is 5.94. The monoisotopic (exact) mass is 382 g/mol. The van der Waals surface area contributed by atoms with Gasteiger partial charge in [0.2, 0.25) is 5.91 Å². The standard InChI is InChI=1S/C14H15NO3.C6H7N3O/c1-3-4-13(16)15-10-5-6-11-9(2)7-14(17)18-12(11)8-10;7-9-6(10)5-1-3-8-4-2-5/h5-8H,3-4H2,1-2H3,(H,15,16);1-4H,7H2,(H,9,10). The molecule has 8 nitrogen and oxygen atoms in total. The van der Waals surface area contributed by atoms with Crippen LogP contribution < -0.4 is 22.2 Å². The molecular formula is C20H22N4O4. The highest BCUT2D eigenvalue weighted by Gasteiger charge is 2.05. The van der Waals surface area contributed by atoms with Gasteiger partial charge in [-0.15, -0.1) is 0 Å². The van der Waals surface area contributed by atoms with Crippen molar-refractivity contribution in [2.45, 2.75) is 26.7 Å². The van der Waals surface area contributed by atoms with E-state index in [0.717, 1.165) is 17.4 Å². The number of carbonyl (C=O) groups is 2. The van der Waals surface area contributed by atoms with Crippen molar-refractivity contribution in [2.75, 3.05) is 5.32 Å². The van der Waals surface area contributed by atoms with Gasteiger partial charge in [0.25, 0.3) is 5.91 Å². The Hall–Kier alpha value is -3.52. The number of benzene rings is 1. The summed E-state index contributed by atoms with van der Waals surface area (Å²) in [5.74, 6) is 4.55. The molecule has 2 heterocycles. The maximum atomic E-state index is 11.5. The number of anilines is 1. The van der Waals surface area contributed by atoms with E-state index in [4.69, 9.17) is 10.3 Å². The van der Waals surface area contributed by atoms with E-state index in [2.05, 4.69) is 10.3 Å². The molecule has 0 saturated heterocycles. The molecule has 0 fully saturated rings. The third kappa shape index (κ3) is 5.75. The number of rotatable bonds is 4. The van der Waals surface area contributed by atoms with Crippen LogP contribution in [0.15, 0.2) is 58.0 Å². The van der Waals surface area contributed by atoms with Crippen LogP contribution in [-0.2, 0) is 4.79 Å². The Kier molecular flexibility index (Phi) is 7.41. The predicted octanol–water partition coefficient (Wildman–Crippen LogP) is 2.53. The van der Waals surface area contributed by atoms with Crippen LogP contribution in [0.2, 0.25) is 0 Å². The predicted molar refractivity (Wildman–Crippen MR) is 107 cm³/mol. The normalized spacial score (nSPS) is 9.96. The average molecular weight is 382 g/mol. The number of hydrazine groups is 1. The van der Waals surface area contributed by atoms with Crippen LogP contribution in [0.25, 0.3) is 11.0 Å². The molecule has 146 valence electrons. The topological polar surface area (TPSA) is 127 Å². The van der Waals surface area contributed by atoms with E-state index in [1.54, 1.807) is 18.2 Å². The van der Waals surface area contributed by atoms with E-state index in [0.29, 0.717) is 23.3 Å². The summed E-state index contributed by atoms with van der Waals surface area (Å²) in [5.41, 5.74) is 4.16. The first-order valence-electron chi connectivity index (χ1n) is 8.70. The molecule has 0 aliphatic heterocycles. The summed E-state index contributed by atoms with van der Waals surface area (Å²) < 4.78 is 5.12. The third-order valence-corrected chi connectivity index (χ3v) is 3.79. The van der Waals surface area contributed by atoms with Crippen LogP contribution in [0.5, 0.6) is 0 Å². The Bertz CT molecular complexity index is 1020. The summed E-state index contributed by atoms with van der Waals surface area (Å²) in [4.78, 5) is 37.3. The number of nitrogens with one attached hydrogen (secondary N) is 2. The third-order valence-electron chi connectivity index (χ3n) is 3.79. The summed E-state index contributed by atoms with van der Waals surface area (Å²) in [5, 5.41) is 3.65. The van der Waals surface area contributed by atoms with Gasteiger partial charge in [-0.1, -0.05) is 6.92 Å². The maximum absolute atomic E-state index is 11.5. The molecule has 1 aromatic carbocycles. The van der Waals surface area contributed by atoms with Crippen molar-refractivity contribution in [1.82, 2.24) is 10.4 Å². The Morgan fingerprint density at radius 3 is 2.50 bits per heavy atom. The second-order valence-corrected chi connectivity index (χ2v) is 5.97. The summed E-state index contributed by atoms with van der Waals surface area (Å²) in [6, 6.07) is 9.96. The van der Waals surface area contributed by atoms with Gasteiger partial charge in [0.05, 0.1) is 0 Å². The smallest absolute Gasteiger partial charge is 0.336 e. The fraction of sp³-hybridized carbons (Fsp3) is 0.200. The lowest BCUT2D eigenvalue weighted by Crippen LogP contribution is -2.29. The molecule has 2 aromatic heterocycles. The van der Waals surface area contributed by atoms with Gasteiger partial charge < -0.3 is 9.73 Å². The first kappa shape index (κ1) is 20.8. The SMILES string of the molecule is CCCC(=O)Nc1ccc2c(C)cc(=O)oc2c1.NNC(=O)c1ccncc1. The van der Waals surface area contributed by atoms with Crippen molar-refractivity contribution in [3.8, 4) is 0 Å². The number of nitrogen functional groups attached to an aromatic ring is 1. The van der Waals surface area contributed by atoms with Crippen molar-refractivity contribution in [1.29, 1.82) is 0 Å². The summed E-state index contributed by atoms with van der Waals surface area (Å²) in [6.45, 7) is 3.80. The molecule has 0 aliphatic rings. The molecule has 0 saturated carbocycles. The molecule has 0 atom stereocenters. The Morgan fingerprint density at radius 1 is 1.14 bits per heavy atom. The minimum absolute atomic E-state index is 0.0353. The molecule has 3 rings (SSSR count). The lowest BCUT2D eigenvalue weighted by Gasteiger charge is -2.06. The first-order valence-corrected chi connectivity index (χ1v) is 8.70. The molecule has 8 heteroatoms. The van der Waals surface area contributed by atoms with Crippen LogP contribution in [0.1, 0.15) is 35.7 Å². The number of hydrogen-bond acceptors (Lipinski definition) is 6. The number of nitrogens with two attached hydrogens (primary N) is 1. The summed E-state index contributed by atoms with van der Waals surface area (Å²) in [6.07, 6.45) is 4.35. The molecule has 0 spiro atoms. The highest BCUT2D eigenvalue weighted by Crippen LogP contribution is 2.20. The fourth-order valence-electron chi connectivity index (χ4n) is 2.44. The zero-order chi connectivity index (χ0) is 20.5. The van der Waals surface area contributed by atoms with Gasteiger partial charge in [0, 0.05) is 47.6 Å². The van der Waals surface area contributed by atoms with E-state index in [-0.39, 0.29) is 17.4 Å². The Balaban J connectivity index is 0.000000237. The van der Waals surface area contributed by atoms with Crippen LogP contribution >= 0.6 is 0 Å². The number of fused-ring (bicyclic) bond motifs is 1. The van der Waals surface area contributed by atoms with Gasteiger partial charge in [0.15, 0.2) is 0 Å². The van der Waals surface area contributed by atoms with Crippen LogP contribution in [-0.4, -0.2) is 16.8 Å². The number of aromatic nitrogens is 1. The van der Waals surface area contributed by atoms with E-state index in [1.165, 1.54) is 18.5 Å². The van der Waals surface area contributed by atoms with Gasteiger partial charge in [-0.2, -0.15) is 0 Å². The molecule has 4 N–H and O–H groups in total. The van der Waals surface area contributed by atoms with Crippen LogP contribution in [0, 0.1) is 6.92 Å². The number of hydrogen-bond donors (Lipinski definition) is 3. The quantitative estimate of drug-likeness (QED) is 0.275. The number of aryl methyl sites for hydroxylation is 1. The van der Waals surface area contributed by atoms with Crippen molar-refractivity contribution >= 4 is 28.5 Å². The van der Waals surface area contributed by atoms with E-state index < -0.39 is 0 Å². The first-order chi connectivity index (χ1) is 13.4. The van der Waals surface area contributed by atoms with Crippen molar-refractivity contribution in [3.05, 3.63) is 70.3 Å². The van der Waals surface area contributed by atoms with Gasteiger partial charge >= 0.3 is 5.63 Å². The lowest BCUT2D eigenvalue weighted by atomic mass is 10.1. The lowest BCUT2D eigenvalue weighted by molar-refractivity contribution is -0.116. The molecule has 0 unspecified atom stereocenters. The van der Waals surface area contributed by atoms with Gasteiger partial charge in [-0.05, 0) is 43.2 Å². The van der Waals surface area contributed by atoms with Gasteiger partial charge in [0.1, 0.15) is 5.58 Å². The molecular weight excluding hydrogens is 360 g/mol. The van der Waals surface area contributed by atoms with E-state index >= 15 is 0 Å². The van der Waals surface area contributed by atoms with Gasteiger partial charge in [-0.25, -0.2) is 10.6 Å². The largest absolute Gasteiger partial charge is 0.423 e. The molecule has 3 aromatic rings. The van der Waals surface area contributed by atoms with Crippen molar-refractivity contribution < 1.29 is 14.0 Å². The van der Waals surface area contributed by atoms with E-state index in [9.17, 15) is 14.4 Å². The number of amides is 2. The molecule has 0 bridgehead atoms. The Morgan fingerprint density at radius 2 is 1.86 bits per heavy atom. The highest BCUT2D eigenvalue weighted by atomic mass is 16.4. The van der Waals surface area contributed by atoms with Crippen molar-refractivity contribution in [2.24, 2.45) is 5.84 Å². The molecule has 28 heavy (non-hydrogen) atoms. The van der Waals surface area contributed by atoms with Crippen molar-refractivity contribution in [3.63, 3.8) is 0 Å². The summed E-state index contributed by atoms with van der Waals surface area (Å²) in [7, 11) is 0. The maximum Gasteiger partial charge on any atom is 0.336 e. The average Bonchev–Trinajstić information content (AvgIpc) is 2.68. The second-order valence-electron chi connectivity index (χ2n) is 5.97. The molecule has 2 amide bonds. The Labute approximate surface area is 161 Å². The molecule has 0 radical (unpaired) electrons. The minimum Gasteiger partial charge on any atom is -0.423 e. The fourth-order valence-corrected chi connectivity index (χ4v) is 2.44. The molecule has 0 aliphatic carbocycles. The van der Waals surface area contributed by atoms with E-state index in [1.807, 2.05) is 31.4 Å². The van der Waals surface area contributed by atoms with Gasteiger partial charge in [-0.3, -0.25) is 20.0 Å². The van der Waals surface area contributed by atoms with Crippen LogP contribution in [0.3, 0.4) is 0 Å². The summed E-state index contributed by atoms with van der Waals surface area (Å²) >= 11 is 0.